The summed E-state index contributed by atoms with van der Waals surface area (Å²) < 4.78 is 42.7. The van der Waals surface area contributed by atoms with Crippen molar-refractivity contribution in [3.05, 3.63) is 101 Å². The number of rotatable bonds is 9. The molecule has 0 spiro atoms. The minimum Gasteiger partial charge on any atom is -0.497 e. The molecular formula is C27H22ClNO7S. The molecule has 0 bridgehead atoms. The molecule has 1 aromatic heterocycles. The average Bonchev–Trinajstić information content (AvgIpc) is 3.37. The number of carbonyl (C=O) groups is 2. The topological polar surface area (TPSA) is 112 Å². The first-order chi connectivity index (χ1) is 17.7. The maximum Gasteiger partial charge on any atom is 0.291 e. The SMILES string of the molecule is COc1cc(NC(=O)c2ccc(COc3ccc(C(C)=O)cc3)o2)cc(S(=O)(=O)c2ccc(Cl)cc2)c1. The zero-order chi connectivity index (χ0) is 26.6. The third kappa shape index (κ3) is 6.19. The summed E-state index contributed by atoms with van der Waals surface area (Å²) >= 11 is 5.87. The summed E-state index contributed by atoms with van der Waals surface area (Å²) in [6.45, 7) is 1.55. The molecule has 3 aromatic carbocycles. The number of methoxy groups -OCH3 is 1. The van der Waals surface area contributed by atoms with Gasteiger partial charge in [0.25, 0.3) is 5.91 Å². The number of nitrogens with one attached hydrogen (secondary N) is 1. The van der Waals surface area contributed by atoms with Crippen molar-refractivity contribution in [3.63, 3.8) is 0 Å². The number of anilines is 1. The number of benzene rings is 3. The lowest BCUT2D eigenvalue weighted by molar-refractivity contribution is 0.0990. The van der Waals surface area contributed by atoms with Gasteiger partial charge in [-0.05, 0) is 79.7 Å². The molecule has 1 heterocycles. The predicted octanol–water partition coefficient (Wildman–Crippen LogP) is 5.81. The molecule has 1 N–H and O–H groups in total. The lowest BCUT2D eigenvalue weighted by atomic mass is 10.1. The maximum atomic E-state index is 13.1. The Morgan fingerprint density at radius 2 is 1.59 bits per heavy atom. The van der Waals surface area contributed by atoms with E-state index in [4.69, 9.17) is 25.5 Å². The number of ketones is 1. The fourth-order valence-electron chi connectivity index (χ4n) is 3.38. The molecular weight excluding hydrogens is 518 g/mol. The normalized spacial score (nSPS) is 11.1. The second-order valence-corrected chi connectivity index (χ2v) is 10.3. The first-order valence-electron chi connectivity index (χ1n) is 11.0. The van der Waals surface area contributed by atoms with Gasteiger partial charge >= 0.3 is 0 Å². The molecule has 0 saturated carbocycles. The zero-order valence-electron chi connectivity index (χ0n) is 19.9. The highest BCUT2D eigenvalue weighted by Gasteiger charge is 2.21. The van der Waals surface area contributed by atoms with Crippen LogP contribution in [0.15, 0.2) is 93.1 Å². The van der Waals surface area contributed by atoms with Crippen LogP contribution in [0.5, 0.6) is 11.5 Å². The van der Waals surface area contributed by atoms with E-state index in [0.717, 1.165) is 0 Å². The molecule has 4 rings (SSSR count). The zero-order valence-corrected chi connectivity index (χ0v) is 21.4. The summed E-state index contributed by atoms with van der Waals surface area (Å²) in [6, 6.07) is 19.7. The van der Waals surface area contributed by atoms with Crippen LogP contribution in [0.4, 0.5) is 5.69 Å². The van der Waals surface area contributed by atoms with Crippen molar-refractivity contribution in [2.45, 2.75) is 23.3 Å². The largest absolute Gasteiger partial charge is 0.497 e. The monoisotopic (exact) mass is 539 g/mol. The molecule has 10 heteroatoms. The summed E-state index contributed by atoms with van der Waals surface area (Å²) in [4.78, 5) is 24.2. The molecule has 0 radical (unpaired) electrons. The Kier molecular flexibility index (Phi) is 7.66. The number of furan rings is 1. The Morgan fingerprint density at radius 3 is 2.24 bits per heavy atom. The van der Waals surface area contributed by atoms with Gasteiger partial charge in [0.15, 0.2) is 11.5 Å². The van der Waals surface area contributed by atoms with Crippen LogP contribution in [-0.2, 0) is 16.4 Å². The van der Waals surface area contributed by atoms with Crippen molar-refractivity contribution >= 4 is 38.8 Å². The molecule has 0 fully saturated rings. The van der Waals surface area contributed by atoms with E-state index in [9.17, 15) is 18.0 Å². The van der Waals surface area contributed by atoms with Gasteiger partial charge in [0.1, 0.15) is 23.9 Å². The number of ether oxygens (including phenoxy) is 2. The van der Waals surface area contributed by atoms with E-state index in [-0.39, 0.29) is 39.4 Å². The third-order valence-corrected chi connectivity index (χ3v) is 7.34. The van der Waals surface area contributed by atoms with E-state index < -0.39 is 15.7 Å². The first kappa shape index (κ1) is 26.0. The van der Waals surface area contributed by atoms with Crippen LogP contribution in [0.3, 0.4) is 0 Å². The molecule has 0 saturated heterocycles. The fourth-order valence-corrected chi connectivity index (χ4v) is 4.82. The summed E-state index contributed by atoms with van der Waals surface area (Å²) in [5.41, 5.74) is 0.780. The highest BCUT2D eigenvalue weighted by molar-refractivity contribution is 7.91. The molecule has 0 aliphatic carbocycles. The van der Waals surface area contributed by atoms with Gasteiger partial charge < -0.3 is 19.2 Å². The van der Waals surface area contributed by atoms with Gasteiger partial charge in [-0.1, -0.05) is 11.6 Å². The van der Waals surface area contributed by atoms with Crippen LogP contribution in [0.2, 0.25) is 5.02 Å². The van der Waals surface area contributed by atoms with E-state index in [1.54, 1.807) is 30.3 Å². The molecule has 0 aliphatic heterocycles. The number of sulfone groups is 1. The summed E-state index contributed by atoms with van der Waals surface area (Å²) in [6.07, 6.45) is 0. The molecule has 190 valence electrons. The lowest BCUT2D eigenvalue weighted by Crippen LogP contribution is -2.12. The van der Waals surface area contributed by atoms with Gasteiger partial charge in [0.05, 0.1) is 16.9 Å². The fraction of sp³-hybridized carbons (Fsp3) is 0.111. The highest BCUT2D eigenvalue weighted by atomic mass is 35.5. The molecule has 37 heavy (non-hydrogen) atoms. The molecule has 8 nitrogen and oxygen atoms in total. The average molecular weight is 540 g/mol. The van der Waals surface area contributed by atoms with E-state index in [2.05, 4.69) is 5.32 Å². The number of hydrogen-bond acceptors (Lipinski definition) is 7. The minimum absolute atomic E-state index is 0.00968. The Bertz CT molecular complexity index is 1540. The van der Waals surface area contributed by atoms with Crippen LogP contribution in [0.25, 0.3) is 0 Å². The molecule has 0 unspecified atom stereocenters. The van der Waals surface area contributed by atoms with Crippen molar-refractivity contribution in [3.8, 4) is 11.5 Å². The van der Waals surface area contributed by atoms with Crippen LogP contribution in [0, 0.1) is 0 Å². The summed E-state index contributed by atoms with van der Waals surface area (Å²) in [5.74, 6) is 0.569. The third-order valence-electron chi connectivity index (χ3n) is 5.34. The van der Waals surface area contributed by atoms with Crippen LogP contribution >= 0.6 is 11.6 Å². The molecule has 1 amide bonds. The van der Waals surface area contributed by atoms with Crippen LogP contribution in [0.1, 0.15) is 33.6 Å². The Hall–Kier alpha value is -4.08. The predicted molar refractivity (Wildman–Crippen MR) is 137 cm³/mol. The minimum atomic E-state index is -3.90. The summed E-state index contributed by atoms with van der Waals surface area (Å²) in [7, 11) is -2.50. The van der Waals surface area contributed by atoms with Crippen molar-refractivity contribution in [2.24, 2.45) is 0 Å². The van der Waals surface area contributed by atoms with Gasteiger partial charge in [-0.2, -0.15) is 0 Å². The Morgan fingerprint density at radius 1 is 0.892 bits per heavy atom. The van der Waals surface area contributed by atoms with Gasteiger partial charge in [0, 0.05) is 22.3 Å². The number of halogens is 1. The van der Waals surface area contributed by atoms with Gasteiger partial charge in [-0.25, -0.2) is 8.42 Å². The van der Waals surface area contributed by atoms with Gasteiger partial charge in [0.2, 0.25) is 9.84 Å². The number of carbonyl (C=O) groups excluding carboxylic acids is 2. The van der Waals surface area contributed by atoms with E-state index >= 15 is 0 Å². The molecule has 0 aliphatic rings. The Balaban J connectivity index is 1.47. The van der Waals surface area contributed by atoms with Crippen LogP contribution < -0.4 is 14.8 Å². The molecule has 4 aromatic rings. The van der Waals surface area contributed by atoms with E-state index in [1.165, 1.54) is 62.6 Å². The highest BCUT2D eigenvalue weighted by Crippen LogP contribution is 2.29. The van der Waals surface area contributed by atoms with E-state index in [1.807, 2.05) is 0 Å². The standard InChI is InChI=1S/C27H22ClNO7S/c1-17(30)18-3-7-21(8-4-18)35-16-22-9-12-26(36-22)27(31)29-20-13-23(34-2)15-25(14-20)37(32,33)24-10-5-19(28)6-11-24/h3-15H,16H2,1-2H3,(H,29,31). The van der Waals surface area contributed by atoms with Crippen molar-refractivity contribution in [2.75, 3.05) is 12.4 Å². The number of hydrogen-bond donors (Lipinski definition) is 1. The van der Waals surface area contributed by atoms with Crippen LogP contribution in [-0.4, -0.2) is 27.2 Å². The van der Waals surface area contributed by atoms with E-state index in [0.29, 0.717) is 22.1 Å². The second kappa shape index (κ2) is 10.9. The summed E-state index contributed by atoms with van der Waals surface area (Å²) in [5, 5.41) is 3.05. The van der Waals surface area contributed by atoms with Crippen molar-refractivity contribution in [1.29, 1.82) is 0 Å². The second-order valence-electron chi connectivity index (χ2n) is 7.94. The lowest BCUT2D eigenvalue weighted by Gasteiger charge is -2.11. The number of Topliss-reactive ketones (excluding diaryl/α,β-unsaturated/α-hetero) is 1. The Labute approximate surface area is 218 Å². The molecule has 0 atom stereocenters. The quantitative estimate of drug-likeness (QED) is 0.267. The smallest absolute Gasteiger partial charge is 0.291 e. The van der Waals surface area contributed by atoms with Crippen molar-refractivity contribution in [1.82, 2.24) is 0 Å². The van der Waals surface area contributed by atoms with Gasteiger partial charge in [-0.15, -0.1) is 0 Å². The first-order valence-corrected chi connectivity index (χ1v) is 12.9. The maximum absolute atomic E-state index is 13.1. The number of amides is 1. The van der Waals surface area contributed by atoms with Crippen molar-refractivity contribution < 1.29 is 31.9 Å². The van der Waals surface area contributed by atoms with Gasteiger partial charge in [-0.3, -0.25) is 9.59 Å².